The maximum absolute atomic E-state index is 13.7. The Morgan fingerprint density at radius 2 is 2.35 bits per heavy atom. The number of ether oxygens (including phenoxy) is 1. The summed E-state index contributed by atoms with van der Waals surface area (Å²) in [5.74, 6) is 1.04. The number of methoxy groups -OCH3 is 1. The summed E-state index contributed by atoms with van der Waals surface area (Å²) in [6, 6.07) is 4.63. The Hall–Kier alpha value is -1.95. The summed E-state index contributed by atoms with van der Waals surface area (Å²) in [5.41, 5.74) is 0.585. The zero-order valence-corrected chi connectivity index (χ0v) is 11.2. The van der Waals surface area contributed by atoms with Crippen molar-refractivity contribution in [3.63, 3.8) is 0 Å². The Morgan fingerprint density at radius 1 is 1.45 bits per heavy atom. The first-order valence-electron chi connectivity index (χ1n) is 6.66. The molecule has 1 aromatic heterocycles. The molecule has 6 heteroatoms. The molecule has 3 rings (SSSR count). The summed E-state index contributed by atoms with van der Waals surface area (Å²) in [5, 5.41) is 7.24. The van der Waals surface area contributed by atoms with Gasteiger partial charge in [0.2, 0.25) is 11.7 Å². The molecule has 1 N–H and O–H groups in total. The molecule has 1 aromatic carbocycles. The van der Waals surface area contributed by atoms with Crippen LogP contribution < -0.4 is 10.1 Å². The van der Waals surface area contributed by atoms with Crippen LogP contribution in [0.3, 0.4) is 0 Å². The van der Waals surface area contributed by atoms with Crippen LogP contribution >= 0.6 is 0 Å². The smallest absolute Gasteiger partial charge is 0.231 e. The van der Waals surface area contributed by atoms with E-state index in [2.05, 4.69) is 15.5 Å². The number of hydrogen-bond acceptors (Lipinski definition) is 5. The summed E-state index contributed by atoms with van der Waals surface area (Å²) < 4.78 is 23.9. The number of nitrogens with zero attached hydrogens (tertiary/aromatic N) is 2. The van der Waals surface area contributed by atoms with Gasteiger partial charge in [-0.25, -0.2) is 4.39 Å². The molecule has 0 amide bonds. The molecule has 1 saturated heterocycles. The molecule has 0 spiro atoms. The molecule has 106 valence electrons. The molecule has 1 aliphatic rings. The highest BCUT2D eigenvalue weighted by molar-refractivity contribution is 5.56. The Bertz CT molecular complexity index is 594. The second-order valence-electron chi connectivity index (χ2n) is 4.85. The highest BCUT2D eigenvalue weighted by Gasteiger charge is 2.22. The fraction of sp³-hybridized carbons (Fsp3) is 0.429. The zero-order valence-electron chi connectivity index (χ0n) is 11.2. The second kappa shape index (κ2) is 5.58. The van der Waals surface area contributed by atoms with Crippen molar-refractivity contribution in [1.82, 2.24) is 15.5 Å². The molecule has 0 aliphatic carbocycles. The van der Waals surface area contributed by atoms with Crippen LogP contribution in [0, 0.1) is 5.82 Å². The predicted molar refractivity (Wildman–Crippen MR) is 71.1 cm³/mol. The summed E-state index contributed by atoms with van der Waals surface area (Å²) in [6.45, 7) is 1.87. The van der Waals surface area contributed by atoms with Gasteiger partial charge in [0.1, 0.15) is 0 Å². The number of rotatable bonds is 3. The van der Waals surface area contributed by atoms with Crippen molar-refractivity contribution in [2.24, 2.45) is 0 Å². The van der Waals surface area contributed by atoms with Gasteiger partial charge < -0.3 is 14.6 Å². The molecule has 0 radical (unpaired) electrons. The van der Waals surface area contributed by atoms with E-state index in [1.165, 1.54) is 13.2 Å². The quantitative estimate of drug-likeness (QED) is 0.933. The summed E-state index contributed by atoms with van der Waals surface area (Å²) in [6.07, 6.45) is 2.13. The van der Waals surface area contributed by atoms with Crippen molar-refractivity contribution in [2.45, 2.75) is 18.8 Å². The van der Waals surface area contributed by atoms with Gasteiger partial charge in [0, 0.05) is 12.1 Å². The van der Waals surface area contributed by atoms with Crippen LogP contribution in [0.15, 0.2) is 22.7 Å². The van der Waals surface area contributed by atoms with Crippen LogP contribution in [0.1, 0.15) is 24.7 Å². The minimum atomic E-state index is -0.435. The van der Waals surface area contributed by atoms with E-state index in [-0.39, 0.29) is 11.7 Å². The summed E-state index contributed by atoms with van der Waals surface area (Å²) >= 11 is 0. The SMILES string of the molecule is COc1ccc(-c2noc(C3CCCNC3)n2)cc1F. The van der Waals surface area contributed by atoms with Crippen molar-refractivity contribution < 1.29 is 13.7 Å². The van der Waals surface area contributed by atoms with Crippen LogP contribution in [0.5, 0.6) is 5.75 Å². The van der Waals surface area contributed by atoms with E-state index >= 15 is 0 Å². The topological polar surface area (TPSA) is 60.2 Å². The minimum absolute atomic E-state index is 0.203. The first-order chi connectivity index (χ1) is 9.78. The normalized spacial score (nSPS) is 19.0. The lowest BCUT2D eigenvalue weighted by atomic mass is 10.00. The second-order valence-corrected chi connectivity index (χ2v) is 4.85. The zero-order chi connectivity index (χ0) is 13.9. The lowest BCUT2D eigenvalue weighted by molar-refractivity contribution is 0.322. The average Bonchev–Trinajstić information content (AvgIpc) is 2.98. The molecule has 1 unspecified atom stereocenters. The Morgan fingerprint density at radius 3 is 3.05 bits per heavy atom. The summed E-state index contributed by atoms with van der Waals surface area (Å²) in [4.78, 5) is 4.38. The Kier molecular flexibility index (Phi) is 3.64. The molecule has 2 aromatic rings. The highest BCUT2D eigenvalue weighted by Crippen LogP contribution is 2.26. The maximum atomic E-state index is 13.7. The van der Waals surface area contributed by atoms with Gasteiger partial charge in [0.15, 0.2) is 11.6 Å². The van der Waals surface area contributed by atoms with Crippen molar-refractivity contribution in [1.29, 1.82) is 0 Å². The monoisotopic (exact) mass is 277 g/mol. The lowest BCUT2D eigenvalue weighted by Crippen LogP contribution is -2.28. The molecule has 1 aliphatic heterocycles. The largest absolute Gasteiger partial charge is 0.494 e. The van der Waals surface area contributed by atoms with Crippen LogP contribution in [0.25, 0.3) is 11.4 Å². The van der Waals surface area contributed by atoms with E-state index in [9.17, 15) is 4.39 Å². The van der Waals surface area contributed by atoms with Gasteiger partial charge in [-0.2, -0.15) is 4.98 Å². The van der Waals surface area contributed by atoms with Crippen LogP contribution in [-0.4, -0.2) is 30.3 Å². The highest BCUT2D eigenvalue weighted by atomic mass is 19.1. The fourth-order valence-corrected chi connectivity index (χ4v) is 2.39. The standard InChI is InChI=1S/C14H16FN3O2/c1-19-12-5-4-9(7-11(12)15)13-17-14(20-18-13)10-3-2-6-16-8-10/h4-5,7,10,16H,2-3,6,8H2,1H3. The van der Waals surface area contributed by atoms with E-state index in [0.717, 1.165) is 25.9 Å². The number of hydrogen-bond donors (Lipinski definition) is 1. The fourth-order valence-electron chi connectivity index (χ4n) is 2.39. The van der Waals surface area contributed by atoms with Gasteiger partial charge in [0.25, 0.3) is 0 Å². The van der Waals surface area contributed by atoms with Crippen LogP contribution in [0.2, 0.25) is 0 Å². The van der Waals surface area contributed by atoms with E-state index in [4.69, 9.17) is 9.26 Å². The van der Waals surface area contributed by atoms with Crippen LogP contribution in [0.4, 0.5) is 4.39 Å². The Balaban J connectivity index is 1.84. The van der Waals surface area contributed by atoms with Gasteiger partial charge in [-0.15, -0.1) is 0 Å². The van der Waals surface area contributed by atoms with E-state index in [1.807, 2.05) is 0 Å². The summed E-state index contributed by atoms with van der Waals surface area (Å²) in [7, 11) is 1.43. The maximum Gasteiger partial charge on any atom is 0.231 e. The van der Waals surface area contributed by atoms with Gasteiger partial charge >= 0.3 is 0 Å². The average molecular weight is 277 g/mol. The third-order valence-electron chi connectivity index (χ3n) is 3.50. The molecular weight excluding hydrogens is 261 g/mol. The third kappa shape index (κ3) is 2.51. The van der Waals surface area contributed by atoms with Crippen molar-refractivity contribution in [3.05, 3.63) is 29.9 Å². The molecule has 0 saturated carbocycles. The van der Waals surface area contributed by atoms with Crippen molar-refractivity contribution in [2.75, 3.05) is 20.2 Å². The van der Waals surface area contributed by atoms with E-state index in [0.29, 0.717) is 17.3 Å². The molecule has 1 fully saturated rings. The van der Waals surface area contributed by atoms with Crippen molar-refractivity contribution >= 4 is 0 Å². The lowest BCUT2D eigenvalue weighted by Gasteiger charge is -2.18. The molecule has 2 heterocycles. The number of aromatic nitrogens is 2. The minimum Gasteiger partial charge on any atom is -0.494 e. The number of piperidine rings is 1. The molecule has 0 bridgehead atoms. The first kappa shape index (κ1) is 13.1. The first-order valence-corrected chi connectivity index (χ1v) is 6.66. The molecule has 1 atom stereocenters. The third-order valence-corrected chi connectivity index (χ3v) is 3.50. The number of benzene rings is 1. The van der Waals surface area contributed by atoms with Gasteiger partial charge in [-0.05, 0) is 37.6 Å². The Labute approximate surface area is 116 Å². The number of nitrogens with one attached hydrogen (secondary N) is 1. The predicted octanol–water partition coefficient (Wildman–Crippen LogP) is 2.35. The van der Waals surface area contributed by atoms with Gasteiger partial charge in [-0.1, -0.05) is 5.16 Å². The molecule has 5 nitrogen and oxygen atoms in total. The van der Waals surface area contributed by atoms with Crippen molar-refractivity contribution in [3.8, 4) is 17.1 Å². The van der Waals surface area contributed by atoms with E-state index < -0.39 is 5.82 Å². The van der Waals surface area contributed by atoms with Crippen LogP contribution in [-0.2, 0) is 0 Å². The van der Waals surface area contributed by atoms with E-state index in [1.54, 1.807) is 12.1 Å². The van der Waals surface area contributed by atoms with Gasteiger partial charge in [0.05, 0.1) is 13.0 Å². The molecular formula is C14H16FN3O2. The number of halogens is 1. The molecule has 20 heavy (non-hydrogen) atoms. The van der Waals surface area contributed by atoms with Gasteiger partial charge in [-0.3, -0.25) is 0 Å².